The fraction of sp³-hybridized carbons (Fsp3) is 0.941. The molecule has 0 unspecified atom stereocenters. The van der Waals surface area contributed by atoms with Crippen molar-refractivity contribution >= 4 is 11.8 Å². The molecule has 4 fully saturated rings. The fourth-order valence-corrected chi connectivity index (χ4v) is 7.32. The molecular weight excluding hydrogens is 852 g/mol. The average Bonchev–Trinajstić information content (AvgIpc) is 3.24. The van der Waals surface area contributed by atoms with Crippen LogP contribution in [-0.4, -0.2) is 280 Å². The highest BCUT2D eigenvalue weighted by Gasteiger charge is 2.55. The van der Waals surface area contributed by atoms with Crippen molar-refractivity contribution in [1.82, 2.24) is 10.6 Å². The lowest BCUT2D eigenvalue weighted by Crippen LogP contribution is -2.68. The second kappa shape index (κ2) is 23.4. The Bertz CT molecular complexity index is 1390. The highest BCUT2D eigenvalue weighted by molar-refractivity contribution is 5.73. The number of nitrogens with one attached hydrogen (secondary N) is 2. The van der Waals surface area contributed by atoms with Gasteiger partial charge in [0.1, 0.15) is 116 Å². The Hall–Kier alpha value is -2.02. The van der Waals surface area contributed by atoms with Crippen molar-refractivity contribution in [3.63, 3.8) is 0 Å². The largest absolute Gasteiger partial charge is 0.394 e. The number of amides is 2. The molecule has 0 bridgehead atoms. The molecular formula is C34H60N2O26. The van der Waals surface area contributed by atoms with E-state index < -0.39 is 199 Å². The molecule has 0 saturated carbocycles. The Labute approximate surface area is 352 Å². The van der Waals surface area contributed by atoms with Crippen molar-refractivity contribution in [2.45, 2.75) is 161 Å². The van der Waals surface area contributed by atoms with Crippen LogP contribution in [0.5, 0.6) is 0 Å². The van der Waals surface area contributed by atoms with Gasteiger partial charge in [0.25, 0.3) is 0 Å². The van der Waals surface area contributed by atoms with Gasteiger partial charge in [-0.3, -0.25) is 9.59 Å². The van der Waals surface area contributed by atoms with Gasteiger partial charge in [-0.15, -0.1) is 0 Å². The van der Waals surface area contributed by atoms with E-state index in [-0.39, 0.29) is 0 Å². The summed E-state index contributed by atoms with van der Waals surface area (Å²) in [6, 6.07) is -3.17. The van der Waals surface area contributed by atoms with Crippen molar-refractivity contribution in [3.05, 3.63) is 0 Å². The van der Waals surface area contributed by atoms with Crippen LogP contribution < -0.4 is 10.6 Å². The zero-order valence-electron chi connectivity index (χ0n) is 33.3. The number of carbonyl (C=O) groups excluding carboxylic acids is 2. The molecule has 362 valence electrons. The first kappa shape index (κ1) is 52.6. The maximum atomic E-state index is 12.3. The van der Waals surface area contributed by atoms with E-state index in [1.54, 1.807) is 0 Å². The molecule has 0 aromatic carbocycles. The molecule has 4 heterocycles. The SMILES string of the molecule is CC(=O)N[C@H]1[C@H](OC[C@H]2O[C@@H](O[C@@H]([C@H](O)[C@H](CO)NC(C)=O)[C@H](O)CO)[C@H](O)[C@@H](O[C@@H]3O[C@H](CO)[C@H](O)[C@H](O)[C@H]3O)[C@H]2O)O[C@H](CO)[C@@H](O[C@@H]2O[C@H](CO)[C@H](O)[C@H](O)[C@H]2O)[C@@H]1O. The zero-order valence-corrected chi connectivity index (χ0v) is 33.3. The Morgan fingerprint density at radius 3 is 1.52 bits per heavy atom. The summed E-state index contributed by atoms with van der Waals surface area (Å²) in [6.45, 7) is -3.56. The Kier molecular flexibility index (Phi) is 19.9. The molecule has 28 heteroatoms. The van der Waals surface area contributed by atoms with Crippen molar-refractivity contribution in [2.24, 2.45) is 0 Å². The van der Waals surface area contributed by atoms with Crippen molar-refractivity contribution < 1.29 is 129 Å². The van der Waals surface area contributed by atoms with E-state index in [9.17, 15) is 91.3 Å². The lowest BCUT2D eigenvalue weighted by Gasteiger charge is -2.48. The van der Waals surface area contributed by atoms with Gasteiger partial charge in [0.15, 0.2) is 25.2 Å². The maximum absolute atomic E-state index is 12.3. The van der Waals surface area contributed by atoms with Crippen LogP contribution in [0.4, 0.5) is 0 Å². The molecule has 62 heavy (non-hydrogen) atoms. The van der Waals surface area contributed by atoms with Crippen LogP contribution in [0.25, 0.3) is 0 Å². The first-order chi connectivity index (χ1) is 29.2. The van der Waals surface area contributed by atoms with Crippen LogP contribution in [-0.2, 0) is 47.5 Å². The number of hydrogen-bond donors (Lipinski definition) is 18. The number of rotatable bonds is 19. The van der Waals surface area contributed by atoms with E-state index in [1.807, 2.05) is 0 Å². The fourth-order valence-electron chi connectivity index (χ4n) is 7.32. The lowest BCUT2D eigenvalue weighted by molar-refractivity contribution is -0.374. The van der Waals surface area contributed by atoms with Crippen molar-refractivity contribution in [1.29, 1.82) is 0 Å². The van der Waals surface area contributed by atoms with Crippen LogP contribution >= 0.6 is 0 Å². The normalized spacial score (nSPS) is 43.6. The van der Waals surface area contributed by atoms with Gasteiger partial charge in [-0.2, -0.15) is 0 Å². The number of hydrogen-bond acceptors (Lipinski definition) is 26. The third kappa shape index (κ3) is 12.1. The van der Waals surface area contributed by atoms with Gasteiger partial charge >= 0.3 is 0 Å². The predicted octanol–water partition coefficient (Wildman–Crippen LogP) is -12.0. The van der Waals surface area contributed by atoms with Gasteiger partial charge in [0.2, 0.25) is 11.8 Å². The molecule has 0 aromatic heterocycles. The minimum atomic E-state index is -2.22. The Balaban J connectivity index is 1.63. The lowest BCUT2D eigenvalue weighted by atomic mass is 9.95. The van der Waals surface area contributed by atoms with E-state index >= 15 is 0 Å². The van der Waals surface area contributed by atoms with Crippen molar-refractivity contribution in [3.8, 4) is 0 Å². The summed E-state index contributed by atoms with van der Waals surface area (Å²) in [4.78, 5) is 24.1. The molecule has 4 aliphatic rings. The molecule has 0 spiro atoms. The average molecular weight is 913 g/mol. The molecule has 4 aliphatic heterocycles. The summed E-state index contributed by atoms with van der Waals surface area (Å²) in [7, 11) is 0. The Morgan fingerprint density at radius 1 is 0.548 bits per heavy atom. The molecule has 18 N–H and O–H groups in total. The van der Waals surface area contributed by atoms with Crippen LogP contribution in [0, 0.1) is 0 Å². The highest BCUT2D eigenvalue weighted by atomic mass is 16.8. The van der Waals surface area contributed by atoms with Crippen LogP contribution in [0.2, 0.25) is 0 Å². The summed E-state index contributed by atoms with van der Waals surface area (Å²) in [5.74, 6) is -1.53. The summed E-state index contributed by atoms with van der Waals surface area (Å²) in [5, 5.41) is 172. The smallest absolute Gasteiger partial charge is 0.217 e. The van der Waals surface area contributed by atoms with Gasteiger partial charge < -0.3 is 130 Å². The predicted molar refractivity (Wildman–Crippen MR) is 192 cm³/mol. The number of aliphatic hydroxyl groups excluding tert-OH is 16. The van der Waals surface area contributed by atoms with Crippen LogP contribution in [0.1, 0.15) is 13.8 Å². The highest BCUT2D eigenvalue weighted by Crippen LogP contribution is 2.33. The van der Waals surface area contributed by atoms with Crippen LogP contribution in [0.3, 0.4) is 0 Å². The second-order valence-corrected chi connectivity index (χ2v) is 15.2. The van der Waals surface area contributed by atoms with Gasteiger partial charge in [0, 0.05) is 13.8 Å². The third-order valence-electron chi connectivity index (χ3n) is 10.8. The molecule has 28 nitrogen and oxygen atoms in total. The minimum absolute atomic E-state index is 0.745. The van der Waals surface area contributed by atoms with Gasteiger partial charge in [-0.25, -0.2) is 0 Å². The number of ether oxygens (including phenoxy) is 8. The summed E-state index contributed by atoms with van der Waals surface area (Å²) >= 11 is 0. The minimum Gasteiger partial charge on any atom is -0.394 e. The zero-order chi connectivity index (χ0) is 46.3. The quantitative estimate of drug-likeness (QED) is 0.0572. The number of carbonyl (C=O) groups is 2. The topological polar surface area (TPSA) is 456 Å². The number of aliphatic hydroxyl groups is 16. The molecule has 0 radical (unpaired) electrons. The monoisotopic (exact) mass is 912 g/mol. The van der Waals surface area contributed by atoms with Crippen molar-refractivity contribution in [2.75, 3.05) is 39.6 Å². The van der Waals surface area contributed by atoms with Crippen LogP contribution in [0.15, 0.2) is 0 Å². The molecule has 2 amide bonds. The third-order valence-corrected chi connectivity index (χ3v) is 10.8. The molecule has 24 atom stereocenters. The summed E-state index contributed by atoms with van der Waals surface area (Å²) in [6.07, 6.45) is -41.7. The molecule has 4 rings (SSSR count). The summed E-state index contributed by atoms with van der Waals surface area (Å²) in [5.41, 5.74) is 0. The summed E-state index contributed by atoms with van der Waals surface area (Å²) < 4.78 is 45.1. The molecule has 0 aromatic rings. The van der Waals surface area contributed by atoms with Gasteiger partial charge in [0.05, 0.1) is 45.7 Å². The molecule has 4 saturated heterocycles. The Morgan fingerprint density at radius 2 is 1.05 bits per heavy atom. The van der Waals surface area contributed by atoms with E-state index in [0.29, 0.717) is 0 Å². The van der Waals surface area contributed by atoms with E-state index in [0.717, 1.165) is 13.8 Å². The molecule has 0 aliphatic carbocycles. The van der Waals surface area contributed by atoms with E-state index in [4.69, 9.17) is 37.9 Å². The first-order valence-electron chi connectivity index (χ1n) is 19.5. The standard InChI is InChI=1S/C34H60N2O26/c1-9(42)35-11(3-37)18(45)28(12(44)4-38)60-34-27(54)30(62-33-26(53)24(51)20(47)14(6-40)57-33)21(48)16(59-34)8-55-31-17(36-10(2)43)22(49)29(15(7-41)58-31)61-32-25(52)23(50)19(46)13(5-39)56-32/h11-34,37-41,44-54H,3-8H2,1-2H3,(H,35,42)(H,36,43)/t11-,12+,13+,14+,15+,16+,17+,18+,19-,20-,21-,22+,23-,24-,25+,26+,27+,28+,29+,30-,31+,32-,33-,34-/m0/s1. The van der Waals surface area contributed by atoms with Gasteiger partial charge in [-0.1, -0.05) is 0 Å². The maximum Gasteiger partial charge on any atom is 0.217 e. The van der Waals surface area contributed by atoms with E-state index in [2.05, 4.69) is 10.6 Å². The second-order valence-electron chi connectivity index (χ2n) is 15.2. The first-order valence-corrected chi connectivity index (χ1v) is 19.5. The van der Waals surface area contributed by atoms with Gasteiger partial charge in [-0.05, 0) is 0 Å². The van der Waals surface area contributed by atoms with E-state index in [1.165, 1.54) is 0 Å².